The Morgan fingerprint density at radius 2 is 1.88 bits per heavy atom. The Balaban J connectivity index is 2.38. The lowest BCUT2D eigenvalue weighted by atomic mass is 9.76. The van der Waals surface area contributed by atoms with Crippen LogP contribution < -0.4 is 0 Å². The Morgan fingerprint density at radius 3 is 2.41 bits per heavy atom. The van der Waals surface area contributed by atoms with Crippen LogP contribution in [-0.2, 0) is 10.2 Å². The van der Waals surface area contributed by atoms with Gasteiger partial charge in [-0.3, -0.25) is 4.79 Å². The second-order valence-corrected chi connectivity index (χ2v) is 5.50. The molecule has 2 rings (SSSR count). The van der Waals surface area contributed by atoms with Gasteiger partial charge in [0.25, 0.3) is 0 Å². The van der Waals surface area contributed by atoms with Gasteiger partial charge in [0.1, 0.15) is 0 Å². The molecule has 0 aliphatic heterocycles. The van der Waals surface area contributed by atoms with Crippen LogP contribution in [-0.4, -0.2) is 11.1 Å². The zero-order valence-electron chi connectivity index (χ0n) is 9.38. The van der Waals surface area contributed by atoms with E-state index >= 15 is 0 Å². The maximum atomic E-state index is 11.0. The van der Waals surface area contributed by atoms with Crippen molar-refractivity contribution in [1.82, 2.24) is 0 Å². The fraction of sp³-hybridized carbons (Fsp3) is 0.462. The van der Waals surface area contributed by atoms with E-state index < -0.39 is 5.97 Å². The first-order valence-corrected chi connectivity index (χ1v) is 6.46. The molecule has 17 heavy (non-hydrogen) atoms. The maximum Gasteiger partial charge on any atom is 0.304 e. The molecular weight excluding hydrogens is 259 g/mol. The van der Waals surface area contributed by atoms with Crippen LogP contribution in [0.15, 0.2) is 18.2 Å². The molecule has 1 aliphatic carbocycles. The molecule has 1 N–H and O–H groups in total. The standard InChI is InChI=1S/C13H14Cl2O2/c14-10-4-3-9(7-11(10)15)13(8-12(16)17)5-1-2-6-13/h3-4,7H,1-2,5-6,8H2,(H,16,17). The molecule has 0 aromatic heterocycles. The van der Waals surface area contributed by atoms with Gasteiger partial charge < -0.3 is 5.11 Å². The fourth-order valence-electron chi connectivity index (χ4n) is 2.73. The van der Waals surface area contributed by atoms with Crippen molar-refractivity contribution in [2.24, 2.45) is 0 Å². The van der Waals surface area contributed by atoms with Crippen molar-refractivity contribution in [2.45, 2.75) is 37.5 Å². The molecule has 1 aromatic carbocycles. The van der Waals surface area contributed by atoms with E-state index in [1.54, 1.807) is 6.07 Å². The molecule has 1 aromatic rings. The first-order valence-electron chi connectivity index (χ1n) is 5.71. The smallest absolute Gasteiger partial charge is 0.304 e. The second-order valence-electron chi connectivity index (χ2n) is 4.69. The predicted octanol–water partition coefficient (Wildman–Crippen LogP) is 4.28. The molecule has 4 heteroatoms. The number of carboxylic acid groups (broad SMARTS) is 1. The summed E-state index contributed by atoms with van der Waals surface area (Å²) in [6, 6.07) is 5.47. The monoisotopic (exact) mass is 272 g/mol. The van der Waals surface area contributed by atoms with Crippen molar-refractivity contribution in [2.75, 3.05) is 0 Å². The lowest BCUT2D eigenvalue weighted by Gasteiger charge is -2.28. The van der Waals surface area contributed by atoms with Crippen molar-refractivity contribution < 1.29 is 9.90 Å². The summed E-state index contributed by atoms with van der Waals surface area (Å²) in [6.45, 7) is 0. The molecule has 0 atom stereocenters. The van der Waals surface area contributed by atoms with Crippen LogP contribution in [0.25, 0.3) is 0 Å². The zero-order chi connectivity index (χ0) is 12.5. The van der Waals surface area contributed by atoms with Gasteiger partial charge in [0.2, 0.25) is 0 Å². The number of aliphatic carboxylic acids is 1. The van der Waals surface area contributed by atoms with Gasteiger partial charge in [0, 0.05) is 5.41 Å². The summed E-state index contributed by atoms with van der Waals surface area (Å²) in [5.41, 5.74) is 0.756. The highest BCUT2D eigenvalue weighted by Crippen LogP contribution is 2.45. The van der Waals surface area contributed by atoms with Gasteiger partial charge in [-0.1, -0.05) is 42.1 Å². The van der Waals surface area contributed by atoms with Crippen LogP contribution in [0, 0.1) is 0 Å². The normalized spacial score (nSPS) is 18.2. The van der Waals surface area contributed by atoms with Crippen LogP contribution in [0.1, 0.15) is 37.7 Å². The largest absolute Gasteiger partial charge is 0.481 e. The first-order chi connectivity index (χ1) is 8.03. The Kier molecular flexibility index (Phi) is 3.64. The van der Waals surface area contributed by atoms with E-state index in [1.165, 1.54) is 0 Å². The van der Waals surface area contributed by atoms with Gasteiger partial charge in [-0.15, -0.1) is 0 Å². The van der Waals surface area contributed by atoms with Crippen LogP contribution in [0.4, 0.5) is 0 Å². The third kappa shape index (κ3) is 2.58. The molecule has 0 radical (unpaired) electrons. The fourth-order valence-corrected chi connectivity index (χ4v) is 3.03. The molecule has 92 valence electrons. The summed E-state index contributed by atoms with van der Waals surface area (Å²) in [6.07, 6.45) is 4.15. The summed E-state index contributed by atoms with van der Waals surface area (Å²) in [5.74, 6) is -0.752. The molecular formula is C13H14Cl2O2. The SMILES string of the molecule is O=C(O)CC1(c2ccc(Cl)c(Cl)c2)CCCC1. The number of carbonyl (C=O) groups is 1. The quantitative estimate of drug-likeness (QED) is 0.892. The number of hydrogen-bond acceptors (Lipinski definition) is 1. The van der Waals surface area contributed by atoms with E-state index in [0.29, 0.717) is 10.0 Å². The molecule has 0 spiro atoms. The minimum absolute atomic E-state index is 0.172. The van der Waals surface area contributed by atoms with E-state index in [-0.39, 0.29) is 11.8 Å². The zero-order valence-corrected chi connectivity index (χ0v) is 10.9. The van der Waals surface area contributed by atoms with Crippen molar-refractivity contribution in [1.29, 1.82) is 0 Å². The molecule has 0 unspecified atom stereocenters. The number of benzene rings is 1. The van der Waals surface area contributed by atoms with Gasteiger partial charge in [-0.25, -0.2) is 0 Å². The number of hydrogen-bond donors (Lipinski definition) is 1. The van der Waals surface area contributed by atoms with E-state index in [0.717, 1.165) is 31.2 Å². The van der Waals surface area contributed by atoms with Crippen molar-refractivity contribution in [3.63, 3.8) is 0 Å². The van der Waals surface area contributed by atoms with Crippen molar-refractivity contribution in [3.05, 3.63) is 33.8 Å². The molecule has 0 bridgehead atoms. The lowest BCUT2D eigenvalue weighted by molar-refractivity contribution is -0.138. The van der Waals surface area contributed by atoms with Gasteiger partial charge in [-0.2, -0.15) is 0 Å². The Labute approximate surface area is 111 Å². The van der Waals surface area contributed by atoms with E-state index in [2.05, 4.69) is 0 Å². The van der Waals surface area contributed by atoms with E-state index in [4.69, 9.17) is 28.3 Å². The number of rotatable bonds is 3. The maximum absolute atomic E-state index is 11.0. The van der Waals surface area contributed by atoms with Gasteiger partial charge in [-0.05, 0) is 30.5 Å². The molecule has 0 amide bonds. The van der Waals surface area contributed by atoms with E-state index in [1.807, 2.05) is 12.1 Å². The summed E-state index contributed by atoms with van der Waals surface area (Å²) in [7, 11) is 0. The highest BCUT2D eigenvalue weighted by molar-refractivity contribution is 6.42. The van der Waals surface area contributed by atoms with Crippen LogP contribution in [0.2, 0.25) is 10.0 Å². The second kappa shape index (κ2) is 4.87. The Morgan fingerprint density at radius 1 is 1.24 bits per heavy atom. The minimum Gasteiger partial charge on any atom is -0.481 e. The Hall–Kier alpha value is -0.730. The highest BCUT2D eigenvalue weighted by atomic mass is 35.5. The average Bonchev–Trinajstić information content (AvgIpc) is 2.70. The number of carboxylic acids is 1. The van der Waals surface area contributed by atoms with Crippen molar-refractivity contribution in [3.8, 4) is 0 Å². The topological polar surface area (TPSA) is 37.3 Å². The third-order valence-electron chi connectivity index (χ3n) is 3.58. The molecule has 1 fully saturated rings. The number of halogens is 2. The van der Waals surface area contributed by atoms with Gasteiger partial charge >= 0.3 is 5.97 Å². The molecule has 1 saturated carbocycles. The highest BCUT2D eigenvalue weighted by Gasteiger charge is 2.37. The summed E-state index contributed by atoms with van der Waals surface area (Å²) in [4.78, 5) is 11.0. The summed E-state index contributed by atoms with van der Waals surface area (Å²) < 4.78 is 0. The Bertz CT molecular complexity index is 437. The minimum atomic E-state index is -0.752. The molecule has 0 saturated heterocycles. The van der Waals surface area contributed by atoms with Gasteiger partial charge in [0.15, 0.2) is 0 Å². The van der Waals surface area contributed by atoms with Crippen LogP contribution in [0.3, 0.4) is 0 Å². The lowest BCUT2D eigenvalue weighted by Crippen LogP contribution is -2.25. The van der Waals surface area contributed by atoms with Crippen LogP contribution in [0.5, 0.6) is 0 Å². The van der Waals surface area contributed by atoms with Crippen molar-refractivity contribution >= 4 is 29.2 Å². The van der Waals surface area contributed by atoms with Crippen LogP contribution >= 0.6 is 23.2 Å². The average molecular weight is 273 g/mol. The predicted molar refractivity (Wildman–Crippen MR) is 68.9 cm³/mol. The van der Waals surface area contributed by atoms with E-state index in [9.17, 15) is 4.79 Å². The summed E-state index contributed by atoms with van der Waals surface area (Å²) >= 11 is 11.9. The molecule has 1 aliphatic rings. The summed E-state index contributed by atoms with van der Waals surface area (Å²) in [5, 5.41) is 10.1. The first kappa shape index (κ1) is 12.7. The van der Waals surface area contributed by atoms with Gasteiger partial charge in [0.05, 0.1) is 16.5 Å². The molecule has 2 nitrogen and oxygen atoms in total. The molecule has 0 heterocycles. The third-order valence-corrected chi connectivity index (χ3v) is 4.32.